The zero-order chi connectivity index (χ0) is 19.2. The molecular formula is C21H25N3O2S. The molecule has 2 aromatic rings. The van der Waals surface area contributed by atoms with Gasteiger partial charge in [0, 0.05) is 0 Å². The van der Waals surface area contributed by atoms with Gasteiger partial charge < -0.3 is 10.1 Å². The molecule has 1 amide bonds. The molecule has 3 rings (SSSR count). The molecule has 5 nitrogen and oxygen atoms in total. The second kappa shape index (κ2) is 8.86. The Morgan fingerprint density at radius 1 is 1.11 bits per heavy atom. The summed E-state index contributed by atoms with van der Waals surface area (Å²) in [7, 11) is 0. The molecule has 0 radical (unpaired) electrons. The normalized spacial score (nSPS) is 13.4. The first-order valence-corrected chi connectivity index (χ1v) is 9.60. The first-order chi connectivity index (χ1) is 13.0. The summed E-state index contributed by atoms with van der Waals surface area (Å²) in [4.78, 5) is 12.1. The third kappa shape index (κ3) is 4.98. The number of hydrogen-bond acceptors (Lipinski definition) is 3. The van der Waals surface area contributed by atoms with Crippen LogP contribution in [0.2, 0.25) is 0 Å². The quantitative estimate of drug-likeness (QED) is 0.547. The fourth-order valence-electron chi connectivity index (χ4n) is 3.35. The zero-order valence-corrected chi connectivity index (χ0v) is 16.5. The third-order valence-corrected chi connectivity index (χ3v) is 5.02. The lowest BCUT2D eigenvalue weighted by molar-refractivity contribution is -0.123. The molecule has 1 atom stereocenters. The molecule has 0 saturated carbocycles. The van der Waals surface area contributed by atoms with Gasteiger partial charge >= 0.3 is 0 Å². The number of hydrazine groups is 1. The molecule has 0 spiro atoms. The maximum absolute atomic E-state index is 12.1. The molecule has 1 aliphatic carbocycles. The van der Waals surface area contributed by atoms with E-state index in [9.17, 15) is 4.79 Å². The average Bonchev–Trinajstić information content (AvgIpc) is 3.17. The van der Waals surface area contributed by atoms with Gasteiger partial charge in [0.25, 0.3) is 5.91 Å². The minimum atomic E-state index is -0.279. The molecule has 142 valence electrons. The Kier molecular flexibility index (Phi) is 6.29. The van der Waals surface area contributed by atoms with Crippen molar-refractivity contribution in [3.8, 4) is 5.75 Å². The molecule has 0 heterocycles. The Balaban J connectivity index is 1.44. The van der Waals surface area contributed by atoms with Crippen LogP contribution in [-0.2, 0) is 17.6 Å². The lowest BCUT2D eigenvalue weighted by Gasteiger charge is -2.18. The maximum atomic E-state index is 12.1. The van der Waals surface area contributed by atoms with Gasteiger partial charge in [-0.3, -0.25) is 15.6 Å². The largest absolute Gasteiger partial charge is 0.483 e. The third-order valence-electron chi connectivity index (χ3n) is 4.80. The number of thiocarbonyl (C=S) groups is 1. The van der Waals surface area contributed by atoms with Crippen molar-refractivity contribution in [2.24, 2.45) is 0 Å². The molecule has 0 saturated heterocycles. The summed E-state index contributed by atoms with van der Waals surface area (Å²) in [5, 5.41) is 3.49. The summed E-state index contributed by atoms with van der Waals surface area (Å²) < 4.78 is 5.73. The van der Waals surface area contributed by atoms with E-state index < -0.39 is 0 Å². The standard InChI is InChI=1S/C21H25N3O2S/c1-14-11-12-19(18-10-6-9-17(14)18)26-13-20(25)23-24-21(27)22-15(2)16-7-4-3-5-8-16/h3-5,7-8,11-12,15H,6,9-10,13H2,1-2H3,(H,23,25)(H2,22,24,27)/t15-/m0/s1. The van der Waals surface area contributed by atoms with Crippen molar-refractivity contribution in [1.82, 2.24) is 16.2 Å². The van der Waals surface area contributed by atoms with Gasteiger partial charge in [0.05, 0.1) is 6.04 Å². The average molecular weight is 384 g/mol. The van der Waals surface area contributed by atoms with Gasteiger partial charge in [-0.1, -0.05) is 36.4 Å². The second-order valence-electron chi connectivity index (χ2n) is 6.76. The van der Waals surface area contributed by atoms with Crippen molar-refractivity contribution in [2.75, 3.05) is 6.61 Å². The van der Waals surface area contributed by atoms with E-state index >= 15 is 0 Å². The monoisotopic (exact) mass is 383 g/mol. The fraction of sp³-hybridized carbons (Fsp3) is 0.333. The summed E-state index contributed by atoms with van der Waals surface area (Å²) in [5.74, 6) is 0.528. The highest BCUT2D eigenvalue weighted by atomic mass is 32.1. The molecular weight excluding hydrogens is 358 g/mol. The molecule has 0 aliphatic heterocycles. The first-order valence-electron chi connectivity index (χ1n) is 9.19. The van der Waals surface area contributed by atoms with Crippen molar-refractivity contribution in [3.05, 3.63) is 64.7 Å². The van der Waals surface area contributed by atoms with E-state index in [4.69, 9.17) is 17.0 Å². The molecule has 0 aromatic heterocycles. The number of carbonyl (C=O) groups excluding carboxylic acids is 1. The van der Waals surface area contributed by atoms with Crippen molar-refractivity contribution < 1.29 is 9.53 Å². The van der Waals surface area contributed by atoms with Crippen LogP contribution in [0, 0.1) is 6.92 Å². The predicted octanol–water partition coefficient (Wildman–Crippen LogP) is 3.12. The van der Waals surface area contributed by atoms with Crippen LogP contribution in [0.5, 0.6) is 5.75 Å². The van der Waals surface area contributed by atoms with E-state index in [1.807, 2.05) is 43.3 Å². The minimum Gasteiger partial charge on any atom is -0.483 e. The Hall–Kier alpha value is -2.60. The van der Waals surface area contributed by atoms with E-state index in [1.54, 1.807) is 0 Å². The van der Waals surface area contributed by atoms with Gasteiger partial charge in [-0.15, -0.1) is 0 Å². The molecule has 0 unspecified atom stereocenters. The minimum absolute atomic E-state index is 0.0366. The number of nitrogens with one attached hydrogen (secondary N) is 3. The predicted molar refractivity (Wildman–Crippen MR) is 111 cm³/mol. The molecule has 27 heavy (non-hydrogen) atoms. The fourth-order valence-corrected chi connectivity index (χ4v) is 3.58. The summed E-state index contributed by atoms with van der Waals surface area (Å²) in [5.41, 5.74) is 10.3. The summed E-state index contributed by atoms with van der Waals surface area (Å²) >= 11 is 5.23. The van der Waals surface area contributed by atoms with Crippen LogP contribution in [0.1, 0.15) is 41.6 Å². The number of hydrogen-bond donors (Lipinski definition) is 3. The van der Waals surface area contributed by atoms with Crippen LogP contribution < -0.4 is 20.9 Å². The van der Waals surface area contributed by atoms with Crippen molar-refractivity contribution in [1.29, 1.82) is 0 Å². The van der Waals surface area contributed by atoms with E-state index in [0.29, 0.717) is 5.11 Å². The Morgan fingerprint density at radius 3 is 2.63 bits per heavy atom. The van der Waals surface area contributed by atoms with Gasteiger partial charge in [0.2, 0.25) is 0 Å². The highest BCUT2D eigenvalue weighted by molar-refractivity contribution is 7.80. The van der Waals surface area contributed by atoms with Gasteiger partial charge in [0.15, 0.2) is 11.7 Å². The molecule has 2 aromatic carbocycles. The van der Waals surface area contributed by atoms with Crippen LogP contribution in [0.4, 0.5) is 0 Å². The van der Waals surface area contributed by atoms with Crippen LogP contribution in [0.3, 0.4) is 0 Å². The van der Waals surface area contributed by atoms with E-state index in [2.05, 4.69) is 29.2 Å². The molecule has 0 fully saturated rings. The van der Waals surface area contributed by atoms with Crippen LogP contribution >= 0.6 is 12.2 Å². The summed E-state index contributed by atoms with van der Waals surface area (Å²) in [6.07, 6.45) is 3.24. The number of amides is 1. The Morgan fingerprint density at radius 2 is 1.85 bits per heavy atom. The lowest BCUT2D eigenvalue weighted by Crippen LogP contribution is -2.48. The SMILES string of the molecule is Cc1ccc(OCC(=O)NNC(=S)N[C@@H](C)c2ccccc2)c2c1CCC2. The summed E-state index contributed by atoms with van der Waals surface area (Å²) in [6.45, 7) is 4.07. The van der Waals surface area contributed by atoms with E-state index in [0.717, 1.165) is 30.6 Å². The smallest absolute Gasteiger partial charge is 0.276 e. The maximum Gasteiger partial charge on any atom is 0.276 e. The number of aryl methyl sites for hydroxylation is 1. The lowest BCUT2D eigenvalue weighted by atomic mass is 10.0. The molecule has 1 aliphatic rings. The zero-order valence-electron chi connectivity index (χ0n) is 15.7. The Labute approximate surface area is 165 Å². The molecule has 0 bridgehead atoms. The Bertz CT molecular complexity index is 824. The second-order valence-corrected chi connectivity index (χ2v) is 7.17. The van der Waals surface area contributed by atoms with Gasteiger partial charge in [-0.25, -0.2) is 0 Å². The van der Waals surface area contributed by atoms with Gasteiger partial charge in [-0.2, -0.15) is 0 Å². The van der Waals surface area contributed by atoms with Crippen molar-refractivity contribution in [2.45, 2.75) is 39.2 Å². The number of benzene rings is 2. The highest BCUT2D eigenvalue weighted by Crippen LogP contribution is 2.32. The molecule has 6 heteroatoms. The highest BCUT2D eigenvalue weighted by Gasteiger charge is 2.18. The van der Waals surface area contributed by atoms with Gasteiger partial charge in [0.1, 0.15) is 5.75 Å². The van der Waals surface area contributed by atoms with Crippen LogP contribution in [0.25, 0.3) is 0 Å². The number of carbonyl (C=O) groups is 1. The number of fused-ring (bicyclic) bond motifs is 1. The van der Waals surface area contributed by atoms with Crippen molar-refractivity contribution in [3.63, 3.8) is 0 Å². The van der Waals surface area contributed by atoms with Gasteiger partial charge in [-0.05, 0) is 73.6 Å². The van der Waals surface area contributed by atoms with Crippen LogP contribution in [-0.4, -0.2) is 17.6 Å². The summed E-state index contributed by atoms with van der Waals surface area (Å²) in [6, 6.07) is 14.0. The number of ether oxygens (including phenoxy) is 1. The first kappa shape index (κ1) is 19.2. The van der Waals surface area contributed by atoms with E-state index in [-0.39, 0.29) is 18.6 Å². The van der Waals surface area contributed by atoms with Crippen molar-refractivity contribution >= 4 is 23.2 Å². The number of rotatable bonds is 5. The van der Waals surface area contributed by atoms with E-state index in [1.165, 1.54) is 16.7 Å². The molecule has 3 N–H and O–H groups in total. The topological polar surface area (TPSA) is 62.4 Å². The van der Waals surface area contributed by atoms with Crippen LogP contribution in [0.15, 0.2) is 42.5 Å².